The molecule has 0 aliphatic carbocycles. The van der Waals surface area contributed by atoms with Gasteiger partial charge in [0.25, 0.3) is 0 Å². The van der Waals surface area contributed by atoms with Gasteiger partial charge in [-0.05, 0) is 6.92 Å². The summed E-state index contributed by atoms with van der Waals surface area (Å²) in [5, 5.41) is 0. The SMILES string of the molecule is COCCN(c1cnc(CCl)cn1)C(C)COC. The molecule has 0 saturated carbocycles. The second kappa shape index (κ2) is 8.24. The molecule has 1 rings (SSSR count). The normalized spacial score (nSPS) is 12.4. The van der Waals surface area contributed by atoms with Gasteiger partial charge in [-0.3, -0.25) is 4.98 Å². The highest BCUT2D eigenvalue weighted by Gasteiger charge is 2.15. The van der Waals surface area contributed by atoms with Crippen LogP contribution in [0, 0.1) is 0 Å². The molecule has 102 valence electrons. The predicted molar refractivity (Wildman–Crippen MR) is 72.1 cm³/mol. The van der Waals surface area contributed by atoms with Gasteiger partial charge in [0.05, 0.1) is 43.2 Å². The average molecular weight is 274 g/mol. The molecule has 0 amide bonds. The molecular weight excluding hydrogens is 254 g/mol. The molecule has 0 aromatic carbocycles. The zero-order valence-corrected chi connectivity index (χ0v) is 11.9. The van der Waals surface area contributed by atoms with E-state index in [1.54, 1.807) is 26.6 Å². The zero-order valence-electron chi connectivity index (χ0n) is 11.1. The molecule has 0 N–H and O–H groups in total. The largest absolute Gasteiger partial charge is 0.383 e. The molecule has 6 heteroatoms. The van der Waals surface area contributed by atoms with E-state index in [2.05, 4.69) is 21.8 Å². The summed E-state index contributed by atoms with van der Waals surface area (Å²) >= 11 is 5.70. The van der Waals surface area contributed by atoms with Gasteiger partial charge in [-0.25, -0.2) is 4.98 Å². The molecule has 1 aromatic rings. The minimum Gasteiger partial charge on any atom is -0.383 e. The lowest BCUT2D eigenvalue weighted by Gasteiger charge is -2.29. The summed E-state index contributed by atoms with van der Waals surface area (Å²) in [6.45, 7) is 4.09. The number of aromatic nitrogens is 2. The van der Waals surface area contributed by atoms with E-state index in [9.17, 15) is 0 Å². The molecular formula is C12H20ClN3O2. The van der Waals surface area contributed by atoms with Gasteiger partial charge in [-0.15, -0.1) is 11.6 Å². The molecule has 0 aliphatic heterocycles. The number of anilines is 1. The number of methoxy groups -OCH3 is 2. The van der Waals surface area contributed by atoms with Crippen molar-refractivity contribution in [2.45, 2.75) is 18.8 Å². The van der Waals surface area contributed by atoms with E-state index in [0.29, 0.717) is 19.1 Å². The van der Waals surface area contributed by atoms with Gasteiger partial charge in [-0.2, -0.15) is 0 Å². The summed E-state index contributed by atoms with van der Waals surface area (Å²) in [5.41, 5.74) is 0.770. The summed E-state index contributed by atoms with van der Waals surface area (Å²) in [7, 11) is 3.37. The first kappa shape index (κ1) is 15.1. The summed E-state index contributed by atoms with van der Waals surface area (Å²) in [4.78, 5) is 10.7. The fraction of sp³-hybridized carbons (Fsp3) is 0.667. The molecule has 0 fully saturated rings. The molecule has 1 atom stereocenters. The van der Waals surface area contributed by atoms with Crippen molar-refractivity contribution < 1.29 is 9.47 Å². The van der Waals surface area contributed by atoms with Crippen LogP contribution in [0.1, 0.15) is 12.6 Å². The van der Waals surface area contributed by atoms with Crippen LogP contribution in [0.25, 0.3) is 0 Å². The molecule has 5 nitrogen and oxygen atoms in total. The summed E-state index contributed by atoms with van der Waals surface area (Å²) in [6.07, 6.45) is 3.43. The molecule has 1 aromatic heterocycles. The summed E-state index contributed by atoms with van der Waals surface area (Å²) in [5.74, 6) is 1.18. The molecule has 0 saturated heterocycles. The van der Waals surface area contributed by atoms with Crippen LogP contribution in [0.2, 0.25) is 0 Å². The number of nitrogens with zero attached hydrogens (tertiary/aromatic N) is 3. The van der Waals surface area contributed by atoms with Gasteiger partial charge in [0.2, 0.25) is 0 Å². The van der Waals surface area contributed by atoms with Crippen LogP contribution >= 0.6 is 11.6 Å². The molecule has 0 aliphatic rings. The van der Waals surface area contributed by atoms with Crippen LogP contribution in [0.5, 0.6) is 0 Å². The molecule has 0 bridgehead atoms. The van der Waals surface area contributed by atoms with Gasteiger partial charge in [0, 0.05) is 20.8 Å². The Morgan fingerprint density at radius 2 is 2.06 bits per heavy atom. The van der Waals surface area contributed by atoms with Crippen LogP contribution in [0.4, 0.5) is 5.82 Å². The van der Waals surface area contributed by atoms with Crippen molar-refractivity contribution in [2.75, 3.05) is 38.9 Å². The smallest absolute Gasteiger partial charge is 0.147 e. The Labute approximate surface area is 113 Å². The Kier molecular flexibility index (Phi) is 6.93. The van der Waals surface area contributed by atoms with Crippen LogP contribution in [-0.2, 0) is 15.4 Å². The highest BCUT2D eigenvalue weighted by molar-refractivity contribution is 6.16. The van der Waals surface area contributed by atoms with Crippen LogP contribution in [0.15, 0.2) is 12.4 Å². The minimum atomic E-state index is 0.210. The Bertz CT molecular complexity index is 335. The van der Waals surface area contributed by atoms with E-state index in [4.69, 9.17) is 21.1 Å². The van der Waals surface area contributed by atoms with Crippen molar-refractivity contribution >= 4 is 17.4 Å². The third-order valence-corrected chi connectivity index (χ3v) is 2.87. The summed E-state index contributed by atoms with van der Waals surface area (Å²) in [6, 6.07) is 0.210. The van der Waals surface area contributed by atoms with Crippen molar-refractivity contribution in [3.05, 3.63) is 18.1 Å². The second-order valence-electron chi connectivity index (χ2n) is 3.99. The second-order valence-corrected chi connectivity index (χ2v) is 4.26. The first-order chi connectivity index (χ1) is 8.72. The lowest BCUT2D eigenvalue weighted by Crippen LogP contribution is -2.39. The van der Waals surface area contributed by atoms with E-state index in [1.165, 1.54) is 0 Å². The molecule has 1 heterocycles. The minimum absolute atomic E-state index is 0.210. The zero-order chi connectivity index (χ0) is 13.4. The van der Waals surface area contributed by atoms with E-state index in [0.717, 1.165) is 18.1 Å². The lowest BCUT2D eigenvalue weighted by molar-refractivity contribution is 0.170. The van der Waals surface area contributed by atoms with Crippen molar-refractivity contribution in [3.63, 3.8) is 0 Å². The molecule has 18 heavy (non-hydrogen) atoms. The highest BCUT2D eigenvalue weighted by Crippen LogP contribution is 2.13. The van der Waals surface area contributed by atoms with Crippen LogP contribution < -0.4 is 4.90 Å². The number of rotatable bonds is 8. The maximum absolute atomic E-state index is 5.70. The maximum atomic E-state index is 5.70. The average Bonchev–Trinajstić information content (AvgIpc) is 2.40. The van der Waals surface area contributed by atoms with Gasteiger partial charge in [0.1, 0.15) is 5.82 Å². The first-order valence-corrected chi connectivity index (χ1v) is 6.37. The molecule has 0 radical (unpaired) electrons. The maximum Gasteiger partial charge on any atom is 0.147 e. The summed E-state index contributed by atoms with van der Waals surface area (Å²) < 4.78 is 10.3. The highest BCUT2D eigenvalue weighted by atomic mass is 35.5. The Morgan fingerprint density at radius 3 is 2.56 bits per heavy atom. The predicted octanol–water partition coefficient (Wildman–Crippen LogP) is 1.70. The van der Waals surface area contributed by atoms with Gasteiger partial charge < -0.3 is 14.4 Å². The van der Waals surface area contributed by atoms with Crippen molar-refractivity contribution in [1.29, 1.82) is 0 Å². The van der Waals surface area contributed by atoms with Gasteiger partial charge in [0.15, 0.2) is 0 Å². The first-order valence-electron chi connectivity index (χ1n) is 5.84. The monoisotopic (exact) mass is 273 g/mol. The van der Waals surface area contributed by atoms with Crippen LogP contribution in [-0.4, -0.2) is 50.0 Å². The third-order valence-electron chi connectivity index (χ3n) is 2.60. The standard InChI is InChI=1S/C12H20ClN3O2/c1-10(9-18-3)16(4-5-17-2)12-8-14-11(6-13)7-15-12/h7-8,10H,4-6,9H2,1-3H3. The Hall–Kier alpha value is -0.910. The fourth-order valence-electron chi connectivity index (χ4n) is 1.65. The van der Waals surface area contributed by atoms with Crippen molar-refractivity contribution in [2.24, 2.45) is 0 Å². The molecule has 0 spiro atoms. The van der Waals surface area contributed by atoms with E-state index in [1.807, 2.05) is 0 Å². The van der Waals surface area contributed by atoms with E-state index in [-0.39, 0.29) is 6.04 Å². The number of alkyl halides is 1. The van der Waals surface area contributed by atoms with Crippen molar-refractivity contribution in [1.82, 2.24) is 9.97 Å². The number of halogens is 1. The fourth-order valence-corrected chi connectivity index (χ4v) is 1.78. The van der Waals surface area contributed by atoms with Gasteiger partial charge in [-0.1, -0.05) is 0 Å². The quantitative estimate of drug-likeness (QED) is 0.675. The number of hydrogen-bond donors (Lipinski definition) is 0. The van der Waals surface area contributed by atoms with Gasteiger partial charge >= 0.3 is 0 Å². The third kappa shape index (κ3) is 4.40. The Balaban J connectivity index is 2.79. The Morgan fingerprint density at radius 1 is 1.28 bits per heavy atom. The topological polar surface area (TPSA) is 47.5 Å². The van der Waals surface area contributed by atoms with E-state index >= 15 is 0 Å². The lowest BCUT2D eigenvalue weighted by atomic mass is 10.3. The number of ether oxygens (including phenoxy) is 2. The van der Waals surface area contributed by atoms with Crippen molar-refractivity contribution in [3.8, 4) is 0 Å². The molecule has 1 unspecified atom stereocenters. The van der Waals surface area contributed by atoms with Crippen LogP contribution in [0.3, 0.4) is 0 Å². The van der Waals surface area contributed by atoms with E-state index < -0.39 is 0 Å². The number of hydrogen-bond acceptors (Lipinski definition) is 5.